The Bertz CT molecular complexity index is 105. The van der Waals surface area contributed by atoms with E-state index in [0.29, 0.717) is 0 Å². The van der Waals surface area contributed by atoms with Crippen molar-refractivity contribution in [2.45, 2.75) is 33.6 Å². The highest BCUT2D eigenvalue weighted by atomic mass is 16.3. The molecule has 0 atom stereocenters. The van der Waals surface area contributed by atoms with E-state index in [1.165, 1.54) is 0 Å². The van der Waals surface area contributed by atoms with E-state index < -0.39 is 0 Å². The van der Waals surface area contributed by atoms with E-state index in [0.717, 1.165) is 12.8 Å². The van der Waals surface area contributed by atoms with E-state index in [-0.39, 0.29) is 26.4 Å². The Morgan fingerprint density at radius 1 is 0.579 bits per heavy atom. The molecule has 4 N–H and O–H groups in total. The van der Waals surface area contributed by atoms with Crippen LogP contribution < -0.4 is 0 Å². The van der Waals surface area contributed by atoms with Gasteiger partial charge in [-0.25, -0.2) is 0 Å². The largest absolute Gasteiger partial charge is 0.396 e. The van der Waals surface area contributed by atoms with Gasteiger partial charge in [-0.05, 0) is 33.6 Å². The van der Waals surface area contributed by atoms with Crippen molar-refractivity contribution in [2.75, 3.05) is 26.4 Å². The molecule has 19 heavy (non-hydrogen) atoms. The van der Waals surface area contributed by atoms with Crippen molar-refractivity contribution in [3.8, 4) is 0 Å². The van der Waals surface area contributed by atoms with Crippen LogP contribution in [0.25, 0.3) is 0 Å². The first-order valence-corrected chi connectivity index (χ1v) is 6.22. The second-order valence-corrected chi connectivity index (χ2v) is 2.83. The lowest BCUT2D eigenvalue weighted by Crippen LogP contribution is -1.85. The molecule has 0 aromatic heterocycles. The van der Waals surface area contributed by atoms with Crippen LogP contribution in [0.4, 0.5) is 0 Å². The Kier molecular flexibility index (Phi) is 110. The normalized spacial score (nSPS) is 6.47. The van der Waals surface area contributed by atoms with Crippen molar-refractivity contribution in [1.29, 1.82) is 0 Å². The summed E-state index contributed by atoms with van der Waals surface area (Å²) in [5.74, 6) is 0. The maximum atomic E-state index is 8.09. The summed E-state index contributed by atoms with van der Waals surface area (Å²) >= 11 is 0. The highest BCUT2D eigenvalue weighted by Crippen LogP contribution is 1.80. The molecular formula is C15H34O4. The molecule has 118 valence electrons. The van der Waals surface area contributed by atoms with Gasteiger partial charge >= 0.3 is 0 Å². The standard InChI is InChI=1S/C4H10O2.3C3H6.C2H6O2/c5-3-1-2-4-6;3*1-3-2;3-1-2-4/h5-6H,1-4H2;3*3H,1H2,2H3;3-4H,1-2H2. The Morgan fingerprint density at radius 3 is 0.789 bits per heavy atom. The Balaban J connectivity index is -0.0000000448. The van der Waals surface area contributed by atoms with E-state index in [2.05, 4.69) is 19.7 Å². The zero-order valence-electron chi connectivity index (χ0n) is 12.9. The van der Waals surface area contributed by atoms with Crippen LogP contribution in [0.5, 0.6) is 0 Å². The molecule has 0 radical (unpaired) electrons. The van der Waals surface area contributed by atoms with Gasteiger partial charge in [0.1, 0.15) is 0 Å². The Labute approximate surface area is 119 Å². The van der Waals surface area contributed by atoms with Crippen molar-refractivity contribution < 1.29 is 20.4 Å². The first-order chi connectivity index (χ1) is 9.07. The first kappa shape index (κ1) is 30.8. The van der Waals surface area contributed by atoms with Gasteiger partial charge in [0.15, 0.2) is 0 Å². The van der Waals surface area contributed by atoms with Gasteiger partial charge < -0.3 is 20.4 Å². The average molecular weight is 278 g/mol. The van der Waals surface area contributed by atoms with Gasteiger partial charge in [0.2, 0.25) is 0 Å². The summed E-state index contributed by atoms with van der Waals surface area (Å²) in [4.78, 5) is 0. The van der Waals surface area contributed by atoms with Crippen molar-refractivity contribution in [3.63, 3.8) is 0 Å². The van der Waals surface area contributed by atoms with Gasteiger partial charge in [-0.3, -0.25) is 0 Å². The SMILES string of the molecule is C=CC.C=CC.C=CC.OCCCCO.OCCO. The Hall–Kier alpha value is -0.940. The van der Waals surface area contributed by atoms with Crippen molar-refractivity contribution >= 4 is 0 Å². The van der Waals surface area contributed by atoms with Crippen LogP contribution in [0.2, 0.25) is 0 Å². The molecule has 0 aromatic rings. The third-order valence-electron chi connectivity index (χ3n) is 0.666. The van der Waals surface area contributed by atoms with Gasteiger partial charge in [0.05, 0.1) is 13.2 Å². The highest BCUT2D eigenvalue weighted by molar-refractivity contribution is 4.52. The molecule has 0 rings (SSSR count). The third kappa shape index (κ3) is 413. The lowest BCUT2D eigenvalue weighted by Gasteiger charge is -1.85. The van der Waals surface area contributed by atoms with Crippen molar-refractivity contribution in [2.24, 2.45) is 0 Å². The summed E-state index contributed by atoms with van der Waals surface area (Å²) in [5.41, 5.74) is 0. The fraction of sp³-hybridized carbons (Fsp3) is 0.600. The van der Waals surface area contributed by atoms with Gasteiger partial charge in [-0.15, -0.1) is 19.7 Å². The van der Waals surface area contributed by atoms with Gasteiger partial charge in [0, 0.05) is 13.2 Å². The molecule has 0 saturated carbocycles. The fourth-order valence-electron chi connectivity index (χ4n) is 0.224. The second-order valence-electron chi connectivity index (χ2n) is 2.83. The summed E-state index contributed by atoms with van der Waals surface area (Å²) in [6.07, 6.45) is 6.69. The summed E-state index contributed by atoms with van der Waals surface area (Å²) in [6, 6.07) is 0. The molecule has 0 aliphatic carbocycles. The topological polar surface area (TPSA) is 80.9 Å². The van der Waals surface area contributed by atoms with Crippen LogP contribution in [-0.4, -0.2) is 46.9 Å². The summed E-state index contributed by atoms with van der Waals surface area (Å²) in [6.45, 7) is 15.9. The number of unbranched alkanes of at least 4 members (excludes halogenated alkanes) is 1. The van der Waals surface area contributed by atoms with E-state index in [1.54, 1.807) is 18.2 Å². The van der Waals surface area contributed by atoms with Gasteiger partial charge in [0.25, 0.3) is 0 Å². The summed E-state index contributed by atoms with van der Waals surface area (Å²) in [7, 11) is 0. The number of aliphatic hydroxyl groups is 4. The lowest BCUT2D eigenvalue weighted by atomic mass is 10.3. The monoisotopic (exact) mass is 278 g/mol. The molecule has 0 unspecified atom stereocenters. The molecule has 0 aliphatic heterocycles. The molecule has 0 saturated heterocycles. The maximum Gasteiger partial charge on any atom is 0.0662 e. The molecule has 0 aromatic carbocycles. The van der Waals surface area contributed by atoms with Crippen LogP contribution >= 0.6 is 0 Å². The summed E-state index contributed by atoms with van der Waals surface area (Å²) < 4.78 is 0. The van der Waals surface area contributed by atoms with E-state index in [1.807, 2.05) is 20.8 Å². The van der Waals surface area contributed by atoms with Gasteiger partial charge in [-0.1, -0.05) is 18.2 Å². The lowest BCUT2D eigenvalue weighted by molar-refractivity contribution is 0.186. The molecule has 0 bridgehead atoms. The molecule has 0 spiro atoms. The third-order valence-corrected chi connectivity index (χ3v) is 0.666. The van der Waals surface area contributed by atoms with Crippen LogP contribution in [0.1, 0.15) is 33.6 Å². The van der Waals surface area contributed by atoms with E-state index in [9.17, 15) is 0 Å². The number of hydrogen-bond donors (Lipinski definition) is 4. The van der Waals surface area contributed by atoms with Crippen LogP contribution in [-0.2, 0) is 0 Å². The minimum Gasteiger partial charge on any atom is -0.396 e. The maximum absolute atomic E-state index is 8.09. The molecule has 0 aliphatic rings. The fourth-order valence-corrected chi connectivity index (χ4v) is 0.224. The van der Waals surface area contributed by atoms with Crippen LogP contribution in [0, 0.1) is 0 Å². The molecule has 0 heterocycles. The van der Waals surface area contributed by atoms with Crippen LogP contribution in [0.3, 0.4) is 0 Å². The van der Waals surface area contributed by atoms with Gasteiger partial charge in [-0.2, -0.15) is 0 Å². The zero-order valence-corrected chi connectivity index (χ0v) is 12.9. The number of hydrogen-bond acceptors (Lipinski definition) is 4. The molecular weight excluding hydrogens is 244 g/mol. The van der Waals surface area contributed by atoms with Crippen molar-refractivity contribution in [3.05, 3.63) is 38.0 Å². The molecule has 0 fully saturated rings. The second kappa shape index (κ2) is 67.7. The minimum atomic E-state index is -0.125. The molecule has 0 amide bonds. The average Bonchev–Trinajstić information content (AvgIpc) is 2.39. The smallest absolute Gasteiger partial charge is 0.0662 e. The van der Waals surface area contributed by atoms with Crippen molar-refractivity contribution in [1.82, 2.24) is 0 Å². The first-order valence-electron chi connectivity index (χ1n) is 6.22. The zero-order chi connectivity index (χ0) is 16.4. The number of aliphatic hydroxyl groups excluding tert-OH is 4. The number of rotatable bonds is 4. The minimum absolute atomic E-state index is 0.125. The van der Waals surface area contributed by atoms with E-state index in [4.69, 9.17) is 20.4 Å². The van der Waals surface area contributed by atoms with Crippen LogP contribution in [0.15, 0.2) is 38.0 Å². The predicted molar refractivity (Wildman–Crippen MR) is 85.2 cm³/mol. The Morgan fingerprint density at radius 2 is 0.737 bits per heavy atom. The molecule has 4 nitrogen and oxygen atoms in total. The number of allylic oxidation sites excluding steroid dienone is 3. The van der Waals surface area contributed by atoms with E-state index >= 15 is 0 Å². The quantitative estimate of drug-likeness (QED) is 0.470. The highest BCUT2D eigenvalue weighted by Gasteiger charge is 1.77. The molecule has 4 heteroatoms. The predicted octanol–water partition coefficient (Wildman–Crippen LogP) is 2.30. The summed E-state index contributed by atoms with van der Waals surface area (Å²) in [5, 5.41) is 31.4.